The van der Waals surface area contributed by atoms with Crippen molar-refractivity contribution in [3.63, 3.8) is 0 Å². The first-order chi connectivity index (χ1) is 9.43. The Morgan fingerprint density at radius 3 is 2.50 bits per heavy atom. The third-order valence-electron chi connectivity index (χ3n) is 2.19. The Kier molecular flexibility index (Phi) is 7.24. The molecule has 0 bridgehead atoms. The van der Waals surface area contributed by atoms with E-state index in [-0.39, 0.29) is 5.78 Å². The lowest BCUT2D eigenvalue weighted by Crippen LogP contribution is -2.23. The molecule has 0 atom stereocenters. The zero-order valence-electron chi connectivity index (χ0n) is 10.9. The smallest absolute Gasteiger partial charge is 0.169 e. The van der Waals surface area contributed by atoms with Gasteiger partial charge in [0.15, 0.2) is 5.78 Å². The number of pyridine rings is 1. The van der Waals surface area contributed by atoms with Crippen molar-refractivity contribution in [2.24, 2.45) is 0 Å². The van der Waals surface area contributed by atoms with E-state index in [4.69, 9.17) is 34.8 Å². The number of Topliss-reactive ketones (excluding diaryl/α,β-unsaturated/α-hetero) is 1. The van der Waals surface area contributed by atoms with Crippen molar-refractivity contribution in [1.82, 2.24) is 4.98 Å². The molecule has 9 heteroatoms. The Balaban J connectivity index is 0.000000347. The summed E-state index contributed by atoms with van der Waals surface area (Å²) >= 11 is 7.26. The third kappa shape index (κ3) is 5.64. The van der Waals surface area contributed by atoms with E-state index in [1.165, 1.54) is 18.4 Å². The van der Waals surface area contributed by atoms with E-state index in [9.17, 15) is 4.79 Å². The molecular formula is C11H8B5ClNOS. The maximum atomic E-state index is 11.1. The molecular weight excluding hydrogens is 284 g/mol. The molecule has 2 aromatic rings. The Morgan fingerprint density at radius 2 is 2.05 bits per heavy atom. The van der Waals surface area contributed by atoms with Crippen LogP contribution in [0.25, 0.3) is 10.4 Å². The summed E-state index contributed by atoms with van der Waals surface area (Å²) in [6, 6.07) is 7.42. The highest BCUT2D eigenvalue weighted by Crippen LogP contribution is 2.29. The molecule has 7 radical (unpaired) electrons. The monoisotopic (exact) mass is 292 g/mol. The quantitative estimate of drug-likeness (QED) is 0.490. The molecule has 0 amide bonds. The van der Waals surface area contributed by atoms with Crippen LogP contribution in [0.1, 0.15) is 16.6 Å². The van der Waals surface area contributed by atoms with Gasteiger partial charge in [0.25, 0.3) is 0 Å². The predicted molar refractivity (Wildman–Crippen MR) is 91.3 cm³/mol. The van der Waals surface area contributed by atoms with E-state index in [0.29, 0.717) is 5.15 Å². The molecule has 2 nitrogen and oxygen atoms in total. The minimum absolute atomic E-state index is 0.0893. The fraction of sp³-hybridized carbons (Fsp3) is 0.0909. The molecule has 2 rings (SSSR count). The van der Waals surface area contributed by atoms with Crippen LogP contribution in [0.4, 0.5) is 0 Å². The molecule has 2 aromatic heterocycles. The van der Waals surface area contributed by atoms with E-state index in [2.05, 4.69) is 4.98 Å². The van der Waals surface area contributed by atoms with Crippen LogP contribution >= 0.6 is 22.9 Å². The average molecular weight is 292 g/mol. The summed E-state index contributed by atoms with van der Waals surface area (Å²) in [4.78, 5) is 16.8. The fourth-order valence-electron chi connectivity index (χ4n) is 1.24. The molecule has 0 fully saturated rings. The van der Waals surface area contributed by atoms with Crippen molar-refractivity contribution in [3.05, 3.63) is 40.5 Å². The van der Waals surface area contributed by atoms with Gasteiger partial charge in [-0.05, 0) is 36.8 Å². The van der Waals surface area contributed by atoms with E-state index in [1.807, 2.05) is 18.2 Å². The van der Waals surface area contributed by atoms with Crippen LogP contribution in [-0.4, -0.2) is 47.4 Å². The van der Waals surface area contributed by atoms with Gasteiger partial charge in [-0.25, -0.2) is 4.98 Å². The van der Waals surface area contributed by atoms with Crippen LogP contribution in [0.3, 0.4) is 0 Å². The highest BCUT2D eigenvalue weighted by Gasteiger charge is 2.06. The summed E-state index contributed by atoms with van der Waals surface area (Å²) in [6.45, 7) is 1.56. The van der Waals surface area contributed by atoms with Gasteiger partial charge < -0.3 is 0 Å². The number of hydrogen-bond acceptors (Lipinski definition) is 3. The normalized spacial score (nSPS) is 9.30. The Labute approximate surface area is 133 Å². The summed E-state index contributed by atoms with van der Waals surface area (Å²) < 4.78 is 0. The van der Waals surface area contributed by atoms with E-state index < -0.39 is 6.39 Å². The molecule has 20 heavy (non-hydrogen) atoms. The Bertz CT molecular complexity index is 577. The van der Waals surface area contributed by atoms with Crippen molar-refractivity contribution in [3.8, 4) is 10.4 Å². The lowest BCUT2D eigenvalue weighted by Gasteiger charge is -1.96. The van der Waals surface area contributed by atoms with Crippen molar-refractivity contribution >= 4 is 65.4 Å². The summed E-state index contributed by atoms with van der Waals surface area (Å²) in [5, 5.41) is 0.463. The topological polar surface area (TPSA) is 30.0 Å². The average Bonchev–Trinajstić information content (AvgIpc) is 2.89. The lowest BCUT2D eigenvalue weighted by atomic mass is 8.97. The van der Waals surface area contributed by atoms with Crippen molar-refractivity contribution < 1.29 is 4.79 Å². The lowest BCUT2D eigenvalue weighted by molar-refractivity contribution is 0.102. The number of aromatic nitrogens is 1. The molecule has 0 saturated carbocycles. The summed E-state index contributed by atoms with van der Waals surface area (Å²) in [6.07, 6.45) is 1.19. The second kappa shape index (κ2) is 8.43. The first-order valence-corrected chi connectivity index (χ1v) is 6.92. The highest BCUT2D eigenvalue weighted by atomic mass is 35.5. The largest absolute Gasteiger partial charge is 0.294 e. The number of carbonyl (C=O) groups is 1. The van der Waals surface area contributed by atoms with Gasteiger partial charge in [-0.15, -0.1) is 11.3 Å². The molecule has 0 spiro atoms. The number of hydrogen-bond donors (Lipinski definition) is 0. The minimum atomic E-state index is -0.463. The molecule has 0 unspecified atom stereocenters. The van der Waals surface area contributed by atoms with Gasteiger partial charge in [0, 0.05) is 47.7 Å². The highest BCUT2D eigenvalue weighted by molar-refractivity contribution is 7.60. The number of thiophene rings is 1. The maximum Gasteiger partial charge on any atom is 0.169 e. The van der Waals surface area contributed by atoms with Crippen LogP contribution in [0.15, 0.2) is 30.5 Å². The van der Waals surface area contributed by atoms with Gasteiger partial charge in [-0.2, -0.15) is 0 Å². The summed E-state index contributed by atoms with van der Waals surface area (Å²) in [5.74, 6) is 0.0893. The first kappa shape index (κ1) is 17.2. The van der Waals surface area contributed by atoms with E-state index >= 15 is 0 Å². The standard InChI is InChI=1S/C11H8ClNOS.B5/c1-7(14)9-2-3-10(15-9)8-4-5-13-11(12)6-8;1-4-5(2)3/h2-6H,1H3;. The summed E-state index contributed by atoms with van der Waals surface area (Å²) in [7, 11) is 15.8. The number of nitrogens with zero attached hydrogens (tertiary/aromatic N) is 1. The molecule has 0 saturated heterocycles. The molecule has 0 aromatic carbocycles. The van der Waals surface area contributed by atoms with E-state index in [0.717, 1.165) is 15.3 Å². The molecule has 0 N–H and O–H groups in total. The van der Waals surface area contributed by atoms with Crippen LogP contribution in [0.2, 0.25) is 5.15 Å². The van der Waals surface area contributed by atoms with Gasteiger partial charge in [-0.1, -0.05) is 11.6 Å². The van der Waals surface area contributed by atoms with Crippen LogP contribution in [0, 0.1) is 0 Å². The molecule has 0 aliphatic rings. The van der Waals surface area contributed by atoms with Crippen molar-refractivity contribution in [2.45, 2.75) is 6.92 Å². The second-order valence-corrected chi connectivity index (χ2v) is 5.33. The molecule has 91 valence electrons. The second-order valence-electron chi connectivity index (χ2n) is 3.86. The first-order valence-electron chi connectivity index (χ1n) is 5.73. The summed E-state index contributed by atoms with van der Waals surface area (Å²) in [5.41, 5.74) is 0.993. The van der Waals surface area contributed by atoms with E-state index in [1.54, 1.807) is 19.2 Å². The van der Waals surface area contributed by atoms with Crippen LogP contribution in [-0.2, 0) is 0 Å². The Morgan fingerprint density at radius 1 is 1.40 bits per heavy atom. The van der Waals surface area contributed by atoms with Gasteiger partial charge in [-0.3, -0.25) is 4.79 Å². The van der Waals surface area contributed by atoms with Gasteiger partial charge in [0.2, 0.25) is 0 Å². The predicted octanol–water partition coefficient (Wildman–Crippen LogP) is 1.76. The fourth-order valence-corrected chi connectivity index (χ4v) is 2.31. The molecule has 0 aliphatic carbocycles. The van der Waals surface area contributed by atoms with Gasteiger partial charge in [0.1, 0.15) is 5.15 Å². The zero-order valence-corrected chi connectivity index (χ0v) is 12.5. The number of rotatable bonds is 3. The minimum Gasteiger partial charge on any atom is -0.294 e. The zero-order chi connectivity index (χ0) is 15.1. The Hall–Kier alpha value is -0.865. The van der Waals surface area contributed by atoms with Crippen LogP contribution in [0.5, 0.6) is 0 Å². The van der Waals surface area contributed by atoms with Crippen molar-refractivity contribution in [1.29, 1.82) is 0 Å². The number of halogens is 1. The molecule has 0 aliphatic heterocycles. The van der Waals surface area contributed by atoms with Gasteiger partial charge in [0.05, 0.1) is 4.88 Å². The van der Waals surface area contributed by atoms with Gasteiger partial charge >= 0.3 is 0 Å². The third-order valence-corrected chi connectivity index (χ3v) is 3.63. The molecule has 2 heterocycles. The number of ketones is 1. The SMILES string of the molecule is CC(=O)c1ccc(-c2ccnc(Cl)c2)s1.[B][B]B([B])[B]. The van der Waals surface area contributed by atoms with Crippen molar-refractivity contribution in [2.75, 3.05) is 0 Å². The number of carbonyl (C=O) groups excluding carboxylic acids is 1. The maximum absolute atomic E-state index is 11.1. The van der Waals surface area contributed by atoms with Crippen LogP contribution < -0.4 is 0 Å².